The van der Waals surface area contributed by atoms with Crippen LogP contribution in [0.3, 0.4) is 0 Å². The van der Waals surface area contributed by atoms with E-state index in [2.05, 4.69) is 20.1 Å². The lowest BCUT2D eigenvalue weighted by Gasteiger charge is -2.38. The Kier molecular flexibility index (Phi) is 5.42. The monoisotopic (exact) mass is 348 g/mol. The second-order valence-electron chi connectivity index (χ2n) is 5.82. The van der Waals surface area contributed by atoms with Crippen LogP contribution in [0.25, 0.3) is 0 Å². The Morgan fingerprint density at radius 2 is 2.00 bits per heavy atom. The quantitative estimate of drug-likeness (QED) is 0.899. The van der Waals surface area contributed by atoms with Crippen molar-refractivity contribution in [2.45, 2.75) is 19.5 Å². The third-order valence-electron chi connectivity index (χ3n) is 4.33. The van der Waals surface area contributed by atoms with E-state index in [1.807, 2.05) is 12.3 Å². The zero-order valence-electron chi connectivity index (χ0n) is 13.6. The number of anilines is 1. The van der Waals surface area contributed by atoms with Crippen LogP contribution in [0.15, 0.2) is 35.8 Å². The van der Waals surface area contributed by atoms with Gasteiger partial charge >= 0.3 is 0 Å². The highest BCUT2D eigenvalue weighted by Gasteiger charge is 2.25. The molecule has 1 atom stereocenters. The normalized spacial score (nSPS) is 16.8. The molecule has 0 unspecified atom stereocenters. The van der Waals surface area contributed by atoms with E-state index in [0.717, 1.165) is 36.9 Å². The maximum Gasteiger partial charge on any atom is 0.237 e. The summed E-state index contributed by atoms with van der Waals surface area (Å²) in [4.78, 5) is 20.9. The summed E-state index contributed by atoms with van der Waals surface area (Å²) in [7, 11) is 0. The summed E-state index contributed by atoms with van der Waals surface area (Å²) in [6.07, 6.45) is 1.74. The number of aromatic nitrogens is 1. The van der Waals surface area contributed by atoms with E-state index in [9.17, 15) is 9.18 Å². The fraction of sp³-hybridized carbons (Fsp3) is 0.412. The van der Waals surface area contributed by atoms with Crippen molar-refractivity contribution < 1.29 is 9.18 Å². The maximum absolute atomic E-state index is 13.0. The van der Waals surface area contributed by atoms with Gasteiger partial charge in [-0.25, -0.2) is 9.37 Å². The molecule has 1 aliphatic heterocycles. The van der Waals surface area contributed by atoms with Crippen LogP contribution in [0.5, 0.6) is 0 Å². The molecule has 1 aliphatic rings. The molecule has 1 amide bonds. The molecular weight excluding hydrogens is 327 g/mol. The molecule has 7 heteroatoms. The molecule has 1 N–H and O–H groups in total. The Balaban J connectivity index is 1.48. The van der Waals surface area contributed by atoms with Crippen molar-refractivity contribution >= 4 is 22.9 Å². The van der Waals surface area contributed by atoms with Gasteiger partial charge in [-0.1, -0.05) is 0 Å². The number of thiazole rings is 1. The number of hydrogen-bond donors (Lipinski definition) is 1. The van der Waals surface area contributed by atoms with Gasteiger partial charge in [0.2, 0.25) is 5.91 Å². The lowest BCUT2D eigenvalue weighted by atomic mass is 10.2. The van der Waals surface area contributed by atoms with Crippen LogP contribution in [-0.2, 0) is 11.3 Å². The number of halogens is 1. The van der Waals surface area contributed by atoms with Crippen molar-refractivity contribution in [2.24, 2.45) is 0 Å². The molecule has 5 nitrogen and oxygen atoms in total. The number of carbonyl (C=O) groups is 1. The van der Waals surface area contributed by atoms with Crippen LogP contribution >= 0.6 is 11.3 Å². The number of piperazine rings is 1. The third-order valence-corrected chi connectivity index (χ3v) is 5.11. The summed E-state index contributed by atoms with van der Waals surface area (Å²) in [6.45, 7) is 5.69. The molecular formula is C17H21FN4OS. The van der Waals surface area contributed by atoms with Gasteiger partial charge in [-0.15, -0.1) is 11.3 Å². The van der Waals surface area contributed by atoms with E-state index in [0.29, 0.717) is 6.54 Å². The summed E-state index contributed by atoms with van der Waals surface area (Å²) in [5.41, 5.74) is 1.02. The number of amides is 1. The molecule has 24 heavy (non-hydrogen) atoms. The second-order valence-corrected chi connectivity index (χ2v) is 6.80. The van der Waals surface area contributed by atoms with Gasteiger partial charge in [0.1, 0.15) is 10.8 Å². The minimum atomic E-state index is -0.220. The maximum atomic E-state index is 13.0. The highest BCUT2D eigenvalue weighted by atomic mass is 32.1. The van der Waals surface area contributed by atoms with E-state index >= 15 is 0 Å². The Morgan fingerprint density at radius 1 is 1.29 bits per heavy atom. The van der Waals surface area contributed by atoms with Crippen molar-refractivity contribution in [1.29, 1.82) is 0 Å². The summed E-state index contributed by atoms with van der Waals surface area (Å²) >= 11 is 1.54. The fourth-order valence-corrected chi connectivity index (χ4v) is 3.39. The molecule has 0 radical (unpaired) electrons. The lowest BCUT2D eigenvalue weighted by Crippen LogP contribution is -2.53. The van der Waals surface area contributed by atoms with Gasteiger partial charge in [0.15, 0.2) is 0 Å². The SMILES string of the molecule is C[C@H](C(=O)NCc1nccs1)N1CCN(c2ccc(F)cc2)CC1. The Hall–Kier alpha value is -1.99. The van der Waals surface area contributed by atoms with E-state index in [1.165, 1.54) is 23.5 Å². The second kappa shape index (κ2) is 7.72. The number of carbonyl (C=O) groups excluding carboxylic acids is 1. The van der Waals surface area contributed by atoms with Crippen LogP contribution in [0.4, 0.5) is 10.1 Å². The van der Waals surface area contributed by atoms with Crippen molar-refractivity contribution in [3.8, 4) is 0 Å². The van der Waals surface area contributed by atoms with E-state index in [-0.39, 0.29) is 17.8 Å². The number of rotatable bonds is 5. The summed E-state index contributed by atoms with van der Waals surface area (Å²) < 4.78 is 13.0. The van der Waals surface area contributed by atoms with Gasteiger partial charge < -0.3 is 10.2 Å². The Labute approximate surface area is 145 Å². The Morgan fingerprint density at radius 3 is 2.62 bits per heavy atom. The molecule has 1 fully saturated rings. The van der Waals surface area contributed by atoms with Crippen LogP contribution in [0.1, 0.15) is 11.9 Å². The zero-order valence-corrected chi connectivity index (χ0v) is 14.4. The number of nitrogens with one attached hydrogen (secondary N) is 1. The molecule has 0 bridgehead atoms. The number of hydrogen-bond acceptors (Lipinski definition) is 5. The lowest BCUT2D eigenvalue weighted by molar-refractivity contribution is -0.126. The molecule has 2 aromatic rings. The molecule has 1 aromatic carbocycles. The predicted molar refractivity (Wildman–Crippen MR) is 93.6 cm³/mol. The molecule has 0 saturated carbocycles. The molecule has 2 heterocycles. The van der Waals surface area contributed by atoms with Crippen LogP contribution in [0, 0.1) is 5.82 Å². The largest absolute Gasteiger partial charge is 0.369 e. The zero-order chi connectivity index (χ0) is 16.9. The van der Waals surface area contributed by atoms with Gasteiger partial charge in [-0.3, -0.25) is 9.69 Å². The molecule has 1 aromatic heterocycles. The summed E-state index contributed by atoms with van der Waals surface area (Å²) in [6, 6.07) is 6.40. The number of benzene rings is 1. The Bertz CT molecular complexity index is 654. The minimum absolute atomic E-state index is 0.0282. The molecule has 0 aliphatic carbocycles. The minimum Gasteiger partial charge on any atom is -0.369 e. The molecule has 128 valence electrons. The fourth-order valence-electron chi connectivity index (χ4n) is 2.84. The van der Waals surface area contributed by atoms with Crippen LogP contribution < -0.4 is 10.2 Å². The standard InChI is InChI=1S/C17H21FN4OS/c1-13(17(23)20-12-16-19-6-11-24-16)21-7-9-22(10-8-21)15-4-2-14(18)3-5-15/h2-6,11,13H,7-10,12H2,1H3,(H,20,23)/t13-/m1/s1. The van der Waals surface area contributed by atoms with Crippen molar-refractivity contribution in [2.75, 3.05) is 31.1 Å². The predicted octanol–water partition coefficient (Wildman–Crippen LogP) is 2.11. The topological polar surface area (TPSA) is 48.5 Å². The highest BCUT2D eigenvalue weighted by Crippen LogP contribution is 2.17. The van der Waals surface area contributed by atoms with Crippen LogP contribution in [-0.4, -0.2) is 48.0 Å². The van der Waals surface area contributed by atoms with Crippen molar-refractivity contribution in [1.82, 2.24) is 15.2 Å². The highest BCUT2D eigenvalue weighted by molar-refractivity contribution is 7.09. The van der Waals surface area contributed by atoms with Crippen molar-refractivity contribution in [3.63, 3.8) is 0 Å². The molecule has 0 spiro atoms. The van der Waals surface area contributed by atoms with Gasteiger partial charge in [0, 0.05) is 43.4 Å². The summed E-state index contributed by atoms with van der Waals surface area (Å²) in [5.74, 6) is -0.191. The van der Waals surface area contributed by atoms with E-state index in [4.69, 9.17) is 0 Å². The van der Waals surface area contributed by atoms with Gasteiger partial charge in [-0.2, -0.15) is 0 Å². The first-order valence-corrected chi connectivity index (χ1v) is 8.92. The average molecular weight is 348 g/mol. The average Bonchev–Trinajstić information content (AvgIpc) is 3.13. The first-order chi connectivity index (χ1) is 11.6. The molecule has 1 saturated heterocycles. The first-order valence-electron chi connectivity index (χ1n) is 8.04. The van der Waals surface area contributed by atoms with Crippen molar-refractivity contribution in [3.05, 3.63) is 46.7 Å². The third kappa shape index (κ3) is 4.10. The van der Waals surface area contributed by atoms with Gasteiger partial charge in [0.05, 0.1) is 12.6 Å². The van der Waals surface area contributed by atoms with Gasteiger partial charge in [0.25, 0.3) is 0 Å². The number of nitrogens with zero attached hydrogens (tertiary/aromatic N) is 3. The first kappa shape index (κ1) is 16.9. The van der Waals surface area contributed by atoms with Crippen LogP contribution in [0.2, 0.25) is 0 Å². The smallest absolute Gasteiger partial charge is 0.237 e. The van der Waals surface area contributed by atoms with Gasteiger partial charge in [-0.05, 0) is 31.2 Å². The summed E-state index contributed by atoms with van der Waals surface area (Å²) in [5, 5.41) is 5.76. The van der Waals surface area contributed by atoms with E-state index in [1.54, 1.807) is 18.3 Å². The van der Waals surface area contributed by atoms with E-state index < -0.39 is 0 Å². The molecule has 3 rings (SSSR count).